The second kappa shape index (κ2) is 18.9. The Morgan fingerprint density at radius 3 is 2.11 bits per heavy atom. The number of esters is 1. The number of aryl methyl sites for hydroxylation is 2. The topological polar surface area (TPSA) is 94.5 Å². The van der Waals surface area contributed by atoms with Crippen molar-refractivity contribution in [3.8, 4) is 33.8 Å². The minimum atomic E-state index is -4.13. The zero-order chi connectivity index (χ0) is 34.2. The lowest BCUT2D eigenvalue weighted by atomic mass is 9.91. The molecule has 0 bridgehead atoms. The van der Waals surface area contributed by atoms with Crippen LogP contribution < -0.4 is 9.47 Å². The van der Waals surface area contributed by atoms with Crippen molar-refractivity contribution in [2.24, 2.45) is 0 Å². The van der Waals surface area contributed by atoms with Gasteiger partial charge < -0.3 is 29.2 Å². The van der Waals surface area contributed by atoms with Crippen molar-refractivity contribution >= 4 is 5.97 Å². The van der Waals surface area contributed by atoms with E-state index in [9.17, 15) is 18.0 Å². The highest BCUT2D eigenvalue weighted by molar-refractivity contribution is 5.87. The maximum Gasteiger partial charge on any atom is 0.389 e. The highest BCUT2D eigenvalue weighted by Gasteiger charge is 2.25. The minimum Gasteiger partial charge on any atom is -0.467 e. The number of unbranched alkanes of at least 4 members (excludes halogenated alkanes) is 3. The van der Waals surface area contributed by atoms with E-state index in [0.29, 0.717) is 36.3 Å². The lowest BCUT2D eigenvalue weighted by molar-refractivity contribution is -0.145. The molecule has 47 heavy (non-hydrogen) atoms. The van der Waals surface area contributed by atoms with E-state index < -0.39 is 25.2 Å². The molecule has 0 radical (unpaired) electrons. The summed E-state index contributed by atoms with van der Waals surface area (Å²) >= 11 is 0. The van der Waals surface area contributed by atoms with Gasteiger partial charge in [0.05, 0.1) is 25.4 Å². The monoisotopic (exact) mass is 656 g/mol. The quantitative estimate of drug-likeness (QED) is 0.0419. The normalized spacial score (nSPS) is 11.3. The largest absolute Gasteiger partial charge is 0.467 e. The first-order chi connectivity index (χ1) is 22.5. The summed E-state index contributed by atoms with van der Waals surface area (Å²) < 4.78 is 59.4. The van der Waals surface area contributed by atoms with Crippen LogP contribution in [0.2, 0.25) is 0 Å². The molecule has 7 nitrogen and oxygen atoms in total. The Balaban J connectivity index is 1.77. The molecule has 3 aromatic carbocycles. The van der Waals surface area contributed by atoms with Crippen LogP contribution in [0.4, 0.5) is 13.2 Å². The molecule has 0 saturated carbocycles. The number of aliphatic hydroxyl groups is 2. The van der Waals surface area contributed by atoms with Gasteiger partial charge >= 0.3 is 12.1 Å². The van der Waals surface area contributed by atoms with Crippen molar-refractivity contribution in [3.63, 3.8) is 0 Å². The van der Waals surface area contributed by atoms with Gasteiger partial charge in [0.15, 0.2) is 6.79 Å². The fourth-order valence-corrected chi connectivity index (χ4v) is 4.82. The molecule has 0 amide bonds. The molecular weight excluding hydrogens is 613 g/mol. The fraction of sp³-hybridized carbons (Fsp3) is 0.378. The van der Waals surface area contributed by atoms with Gasteiger partial charge in [-0.05, 0) is 88.9 Å². The van der Waals surface area contributed by atoms with Crippen LogP contribution in [0.5, 0.6) is 11.5 Å². The van der Waals surface area contributed by atoms with Gasteiger partial charge in [-0.1, -0.05) is 69.3 Å². The van der Waals surface area contributed by atoms with Crippen LogP contribution in [-0.4, -0.2) is 55.8 Å². The second-order valence-electron chi connectivity index (χ2n) is 11.1. The average molecular weight is 657 g/mol. The Kier molecular flexibility index (Phi) is 15.0. The first-order valence-electron chi connectivity index (χ1n) is 15.5. The molecule has 0 heterocycles. The summed E-state index contributed by atoms with van der Waals surface area (Å²) in [5.74, 6) is 0.449. The molecule has 2 N–H and O–H groups in total. The smallest absolute Gasteiger partial charge is 0.389 e. The van der Waals surface area contributed by atoms with E-state index in [1.54, 1.807) is 12.1 Å². The number of benzene rings is 3. The first kappa shape index (κ1) is 37.3. The van der Waals surface area contributed by atoms with Crippen molar-refractivity contribution < 1.29 is 47.1 Å². The molecule has 3 aromatic rings. The molecule has 10 heteroatoms. The lowest BCUT2D eigenvalue weighted by Gasteiger charge is -2.16. The number of aliphatic hydroxyl groups excluding tert-OH is 2. The molecule has 254 valence electrons. The summed E-state index contributed by atoms with van der Waals surface area (Å²) in [6, 6.07) is 19.5. The van der Waals surface area contributed by atoms with Gasteiger partial charge in [0, 0.05) is 6.42 Å². The maximum atomic E-state index is 12.6. The van der Waals surface area contributed by atoms with Crippen LogP contribution >= 0.6 is 0 Å². The number of hydrogen-bond donors (Lipinski definition) is 2. The summed E-state index contributed by atoms with van der Waals surface area (Å²) in [6.45, 7) is 8.41. The molecular formula is C37H43F3O7. The highest BCUT2D eigenvalue weighted by Crippen LogP contribution is 2.34. The van der Waals surface area contributed by atoms with Crippen molar-refractivity contribution in [1.82, 2.24) is 0 Å². The zero-order valence-corrected chi connectivity index (χ0v) is 26.7. The number of alkyl halides is 3. The van der Waals surface area contributed by atoms with Crippen LogP contribution in [0.3, 0.4) is 0 Å². The van der Waals surface area contributed by atoms with Crippen LogP contribution in [0, 0.1) is 0 Å². The minimum absolute atomic E-state index is 0.0294. The molecule has 0 fully saturated rings. The molecule has 0 aliphatic heterocycles. The van der Waals surface area contributed by atoms with Gasteiger partial charge in [-0.15, -0.1) is 0 Å². The fourth-order valence-electron chi connectivity index (χ4n) is 4.82. The molecule has 0 saturated heterocycles. The average Bonchev–Trinajstić information content (AvgIpc) is 3.07. The number of halogens is 3. The predicted octanol–water partition coefficient (Wildman–Crippen LogP) is 7.97. The molecule has 0 aromatic heterocycles. The summed E-state index contributed by atoms with van der Waals surface area (Å²) in [6.07, 6.45) is -1.40. The van der Waals surface area contributed by atoms with E-state index in [4.69, 9.17) is 29.2 Å². The van der Waals surface area contributed by atoms with E-state index in [-0.39, 0.29) is 38.8 Å². The zero-order valence-electron chi connectivity index (χ0n) is 26.7. The van der Waals surface area contributed by atoms with Gasteiger partial charge in [0.1, 0.15) is 11.5 Å². The predicted molar refractivity (Wildman–Crippen MR) is 175 cm³/mol. The van der Waals surface area contributed by atoms with Gasteiger partial charge in [0.2, 0.25) is 6.79 Å². The number of carbonyl (C=O) groups excluding carboxylic acids is 1. The third kappa shape index (κ3) is 12.5. The lowest BCUT2D eigenvalue weighted by Crippen LogP contribution is -2.13. The summed E-state index contributed by atoms with van der Waals surface area (Å²) in [7, 11) is 0. The summed E-state index contributed by atoms with van der Waals surface area (Å²) in [5, 5.41) is 18.1. The van der Waals surface area contributed by atoms with E-state index >= 15 is 0 Å². The number of hydrogen-bond acceptors (Lipinski definition) is 7. The van der Waals surface area contributed by atoms with Crippen molar-refractivity contribution in [2.75, 3.05) is 33.4 Å². The summed E-state index contributed by atoms with van der Waals surface area (Å²) in [5.41, 5.74) is 6.51. The van der Waals surface area contributed by atoms with Gasteiger partial charge in [-0.2, -0.15) is 13.2 Å². The Bertz CT molecular complexity index is 1470. The Labute approximate surface area is 274 Å². The van der Waals surface area contributed by atoms with Crippen LogP contribution in [0.15, 0.2) is 85.0 Å². The highest BCUT2D eigenvalue weighted by atomic mass is 19.4. The van der Waals surface area contributed by atoms with Crippen LogP contribution in [0.1, 0.15) is 50.2 Å². The van der Waals surface area contributed by atoms with Crippen molar-refractivity contribution in [2.45, 2.75) is 58.0 Å². The molecule has 0 aliphatic rings. The molecule has 0 spiro atoms. The van der Waals surface area contributed by atoms with Crippen LogP contribution in [0.25, 0.3) is 22.3 Å². The van der Waals surface area contributed by atoms with E-state index in [1.165, 1.54) is 0 Å². The SMILES string of the molecule is C=C(CO)COCOc1ccc(-c2ccc(-c3ccc(OCOC(=O)C(=C)CO)cc3)c(CCCCCCC(F)(F)F)c2)cc1CC. The van der Waals surface area contributed by atoms with Crippen molar-refractivity contribution in [3.05, 3.63) is 96.1 Å². The van der Waals surface area contributed by atoms with Crippen molar-refractivity contribution in [1.29, 1.82) is 0 Å². The first-order valence-corrected chi connectivity index (χ1v) is 15.5. The molecule has 3 rings (SSSR count). The number of rotatable bonds is 20. The maximum absolute atomic E-state index is 12.6. The second-order valence-corrected chi connectivity index (χ2v) is 11.1. The molecule has 0 aliphatic carbocycles. The third-order valence-corrected chi connectivity index (χ3v) is 7.42. The van der Waals surface area contributed by atoms with E-state index in [1.807, 2.05) is 43.3 Å². The Hall–Kier alpha value is -4.12. The number of carbonyl (C=O) groups is 1. The van der Waals surface area contributed by atoms with E-state index in [2.05, 4.69) is 25.3 Å². The van der Waals surface area contributed by atoms with E-state index in [0.717, 1.165) is 46.2 Å². The van der Waals surface area contributed by atoms with Crippen LogP contribution in [-0.2, 0) is 27.1 Å². The third-order valence-electron chi connectivity index (χ3n) is 7.42. The van der Waals surface area contributed by atoms with Gasteiger partial charge in [-0.3, -0.25) is 0 Å². The summed E-state index contributed by atoms with van der Waals surface area (Å²) in [4.78, 5) is 11.7. The molecule has 0 atom stereocenters. The van der Waals surface area contributed by atoms with Gasteiger partial charge in [-0.25, -0.2) is 4.79 Å². The van der Waals surface area contributed by atoms with Gasteiger partial charge in [0.25, 0.3) is 0 Å². The standard InChI is InChI=1S/C37H43F3O7/c1-4-28-19-31(13-17-35(28)46-24-44-23-26(2)21-41)30-12-16-34(32(20-30)9-7-5-6-8-18-37(38,39)40)29-10-14-33(15-11-29)45-25-47-36(43)27(3)22-42/h10-17,19-20,41-42H,2-9,18,21-25H2,1H3. The number of ether oxygens (including phenoxy) is 4. The Morgan fingerprint density at radius 1 is 0.787 bits per heavy atom. The molecule has 0 unspecified atom stereocenters. The Morgan fingerprint density at radius 2 is 1.45 bits per heavy atom.